The molecule has 2 rings (SSSR count). The van der Waals surface area contributed by atoms with Crippen LogP contribution in [-0.4, -0.2) is 26.3 Å². The average Bonchev–Trinajstić information content (AvgIpc) is 2.47. The Bertz CT molecular complexity index is 583. The molecule has 5 nitrogen and oxygen atoms in total. The molecule has 0 bridgehead atoms. The van der Waals surface area contributed by atoms with Gasteiger partial charge in [-0.3, -0.25) is 0 Å². The van der Waals surface area contributed by atoms with E-state index in [1.807, 2.05) is 30.3 Å². The van der Waals surface area contributed by atoms with Crippen molar-refractivity contribution in [1.82, 2.24) is 5.32 Å². The summed E-state index contributed by atoms with van der Waals surface area (Å²) in [5.74, 6) is 0.0978. The number of ether oxygens (including phenoxy) is 1. The minimum atomic E-state index is -3.44. The lowest BCUT2D eigenvalue weighted by molar-refractivity contribution is 0.131. The van der Waals surface area contributed by atoms with E-state index in [4.69, 9.17) is 15.4 Å². The van der Waals surface area contributed by atoms with Crippen molar-refractivity contribution in [2.75, 3.05) is 5.75 Å². The fraction of sp³-hybridized carbons (Fsp3) is 0.533. The Morgan fingerprint density at radius 3 is 2.41 bits per heavy atom. The van der Waals surface area contributed by atoms with Gasteiger partial charge in [0.2, 0.25) is 9.05 Å². The minimum Gasteiger partial charge on any atom is -0.445 e. The van der Waals surface area contributed by atoms with E-state index in [0.29, 0.717) is 0 Å². The number of rotatable bonds is 5. The Morgan fingerprint density at radius 1 is 1.18 bits per heavy atom. The van der Waals surface area contributed by atoms with Crippen LogP contribution in [0.4, 0.5) is 4.79 Å². The Morgan fingerprint density at radius 2 is 1.82 bits per heavy atom. The monoisotopic (exact) mass is 345 g/mol. The van der Waals surface area contributed by atoms with Crippen LogP contribution >= 0.6 is 10.7 Å². The molecule has 0 saturated heterocycles. The van der Waals surface area contributed by atoms with Gasteiger partial charge in [0.25, 0.3) is 0 Å². The molecule has 0 spiro atoms. The number of halogens is 1. The number of hydrogen-bond acceptors (Lipinski definition) is 4. The van der Waals surface area contributed by atoms with E-state index in [9.17, 15) is 13.2 Å². The molecule has 0 unspecified atom stereocenters. The lowest BCUT2D eigenvalue weighted by atomic mass is 9.87. The van der Waals surface area contributed by atoms with Gasteiger partial charge in [0.1, 0.15) is 6.61 Å². The maximum absolute atomic E-state index is 11.7. The molecule has 1 aromatic carbocycles. The summed E-state index contributed by atoms with van der Waals surface area (Å²) in [7, 11) is 1.83. The SMILES string of the molecule is O=C(NC1CCC(CS(=O)(=O)Cl)CC1)OCc1ccccc1. The van der Waals surface area contributed by atoms with Crippen LogP contribution in [0.5, 0.6) is 0 Å². The summed E-state index contributed by atoms with van der Waals surface area (Å²) in [6.07, 6.45) is 2.55. The van der Waals surface area contributed by atoms with E-state index in [2.05, 4.69) is 5.32 Å². The van der Waals surface area contributed by atoms with Crippen molar-refractivity contribution in [3.05, 3.63) is 35.9 Å². The highest BCUT2D eigenvalue weighted by Crippen LogP contribution is 2.26. The zero-order valence-electron chi connectivity index (χ0n) is 12.2. The number of alkyl carbamates (subject to hydrolysis) is 1. The molecular formula is C15H20ClNO4S. The highest BCUT2D eigenvalue weighted by atomic mass is 35.7. The van der Waals surface area contributed by atoms with Gasteiger partial charge in [-0.25, -0.2) is 13.2 Å². The number of carbonyl (C=O) groups excluding carboxylic acids is 1. The molecule has 0 heterocycles. The maximum atomic E-state index is 11.7. The second-order valence-electron chi connectivity index (χ2n) is 5.63. The van der Waals surface area contributed by atoms with Crippen LogP contribution in [-0.2, 0) is 20.4 Å². The third kappa shape index (κ3) is 6.23. The highest BCUT2D eigenvalue weighted by Gasteiger charge is 2.25. The first-order valence-electron chi connectivity index (χ1n) is 7.32. The number of hydrogen-bond donors (Lipinski definition) is 1. The van der Waals surface area contributed by atoms with Crippen LogP contribution in [0, 0.1) is 5.92 Å². The third-order valence-electron chi connectivity index (χ3n) is 3.82. The zero-order chi connectivity index (χ0) is 16.0. The second-order valence-corrected chi connectivity index (χ2v) is 8.45. The topological polar surface area (TPSA) is 72.5 Å². The van der Waals surface area contributed by atoms with Gasteiger partial charge in [-0.05, 0) is 37.2 Å². The Balaban J connectivity index is 1.68. The molecule has 1 aromatic rings. The Hall–Kier alpha value is -1.27. The van der Waals surface area contributed by atoms with Crippen molar-refractivity contribution >= 4 is 25.8 Å². The van der Waals surface area contributed by atoms with Gasteiger partial charge in [0.05, 0.1) is 5.75 Å². The molecule has 1 fully saturated rings. The maximum Gasteiger partial charge on any atom is 0.407 e. The summed E-state index contributed by atoms with van der Waals surface area (Å²) in [4.78, 5) is 11.7. The van der Waals surface area contributed by atoms with Crippen LogP contribution in [0.1, 0.15) is 31.2 Å². The van der Waals surface area contributed by atoms with Gasteiger partial charge < -0.3 is 10.1 Å². The van der Waals surface area contributed by atoms with Crippen molar-refractivity contribution in [3.8, 4) is 0 Å². The van der Waals surface area contributed by atoms with Crippen LogP contribution in [0.15, 0.2) is 30.3 Å². The fourth-order valence-corrected chi connectivity index (χ4v) is 4.12. The van der Waals surface area contributed by atoms with E-state index < -0.39 is 15.1 Å². The molecule has 0 aromatic heterocycles. The van der Waals surface area contributed by atoms with E-state index >= 15 is 0 Å². The van der Waals surface area contributed by atoms with Gasteiger partial charge in [-0.1, -0.05) is 30.3 Å². The van der Waals surface area contributed by atoms with Gasteiger partial charge in [0, 0.05) is 16.7 Å². The summed E-state index contributed by atoms with van der Waals surface area (Å²) in [5, 5.41) is 2.83. The molecule has 7 heteroatoms. The van der Waals surface area contributed by atoms with Crippen molar-refractivity contribution in [1.29, 1.82) is 0 Å². The molecular weight excluding hydrogens is 326 g/mol. The number of nitrogens with one attached hydrogen (secondary N) is 1. The number of carbonyl (C=O) groups is 1. The molecule has 0 aliphatic heterocycles. The first-order chi connectivity index (χ1) is 10.4. The van der Waals surface area contributed by atoms with E-state index in [1.54, 1.807) is 0 Å². The smallest absolute Gasteiger partial charge is 0.407 e. The second kappa shape index (κ2) is 7.83. The first-order valence-corrected chi connectivity index (χ1v) is 9.80. The predicted octanol–water partition coefficient (Wildman–Crippen LogP) is 3.04. The van der Waals surface area contributed by atoms with Crippen molar-refractivity contribution in [2.24, 2.45) is 5.92 Å². The summed E-state index contributed by atoms with van der Waals surface area (Å²) in [5.41, 5.74) is 0.939. The molecule has 1 N–H and O–H groups in total. The largest absolute Gasteiger partial charge is 0.445 e. The van der Waals surface area contributed by atoms with Gasteiger partial charge >= 0.3 is 6.09 Å². The van der Waals surface area contributed by atoms with Crippen molar-refractivity contribution in [2.45, 2.75) is 38.3 Å². The van der Waals surface area contributed by atoms with Crippen LogP contribution < -0.4 is 5.32 Å². The molecule has 1 amide bonds. The van der Waals surface area contributed by atoms with Crippen LogP contribution in [0.3, 0.4) is 0 Å². The van der Waals surface area contributed by atoms with Crippen molar-refractivity contribution < 1.29 is 17.9 Å². The lowest BCUT2D eigenvalue weighted by Gasteiger charge is -2.28. The summed E-state index contributed by atoms with van der Waals surface area (Å²) < 4.78 is 27.3. The Labute approximate surface area is 135 Å². The number of amides is 1. The van der Waals surface area contributed by atoms with Gasteiger partial charge in [-0.2, -0.15) is 0 Å². The molecule has 1 aliphatic carbocycles. The summed E-state index contributed by atoms with van der Waals surface area (Å²) >= 11 is 0. The predicted molar refractivity (Wildman–Crippen MR) is 85.1 cm³/mol. The van der Waals surface area contributed by atoms with Gasteiger partial charge in [-0.15, -0.1) is 0 Å². The summed E-state index contributed by atoms with van der Waals surface area (Å²) in [6.45, 7) is 0.243. The summed E-state index contributed by atoms with van der Waals surface area (Å²) in [6, 6.07) is 9.52. The van der Waals surface area contributed by atoms with E-state index in [-0.39, 0.29) is 24.3 Å². The molecule has 1 saturated carbocycles. The minimum absolute atomic E-state index is 0.0136. The fourth-order valence-electron chi connectivity index (χ4n) is 2.69. The molecule has 122 valence electrons. The quantitative estimate of drug-likeness (QED) is 0.832. The van der Waals surface area contributed by atoms with Crippen molar-refractivity contribution in [3.63, 3.8) is 0 Å². The standard InChI is InChI=1S/C15H20ClNO4S/c16-22(19,20)11-13-6-8-14(9-7-13)17-15(18)21-10-12-4-2-1-3-5-12/h1-5,13-14H,6-11H2,(H,17,18). The normalized spacial score (nSPS) is 22.0. The van der Waals surface area contributed by atoms with Gasteiger partial charge in [0.15, 0.2) is 0 Å². The zero-order valence-corrected chi connectivity index (χ0v) is 13.8. The highest BCUT2D eigenvalue weighted by molar-refractivity contribution is 8.13. The average molecular weight is 346 g/mol. The molecule has 0 radical (unpaired) electrons. The third-order valence-corrected chi connectivity index (χ3v) is 5.06. The first kappa shape index (κ1) is 17.1. The van der Waals surface area contributed by atoms with E-state index in [1.165, 1.54) is 0 Å². The Kier molecular flexibility index (Phi) is 6.08. The number of benzene rings is 1. The lowest BCUT2D eigenvalue weighted by Crippen LogP contribution is -2.38. The van der Waals surface area contributed by atoms with Crippen LogP contribution in [0.25, 0.3) is 0 Å². The molecule has 0 atom stereocenters. The van der Waals surface area contributed by atoms with E-state index in [0.717, 1.165) is 31.2 Å². The van der Waals surface area contributed by atoms with Crippen LogP contribution in [0.2, 0.25) is 0 Å². The molecule has 1 aliphatic rings. The molecule has 22 heavy (non-hydrogen) atoms.